The van der Waals surface area contributed by atoms with E-state index >= 15 is 0 Å². The first-order chi connectivity index (χ1) is 29.3. The topological polar surface area (TPSA) is 150 Å². The molecule has 0 radical (unpaired) electrons. The van der Waals surface area contributed by atoms with Crippen molar-refractivity contribution in [3.05, 3.63) is 81.8 Å². The molecule has 1 fully saturated rings. The number of amides is 3. The molecule has 0 aliphatic carbocycles. The fourth-order valence-corrected chi connectivity index (χ4v) is 8.84. The lowest BCUT2D eigenvalue weighted by atomic mass is 9.92. The summed E-state index contributed by atoms with van der Waals surface area (Å²) < 4.78 is 12.1. The number of carbonyl (C=O) groups is 4. The zero-order valence-electron chi connectivity index (χ0n) is 37.7. The second kappa shape index (κ2) is 24.9. The Morgan fingerprint density at radius 3 is 2.30 bits per heavy atom. The summed E-state index contributed by atoms with van der Waals surface area (Å²) in [5, 5.41) is 18.6. The van der Waals surface area contributed by atoms with Gasteiger partial charge in [-0.25, -0.2) is 4.98 Å². The molecule has 336 valence electrons. The predicted octanol–water partition coefficient (Wildman–Crippen LogP) is 8.10. The number of phenols is 1. The van der Waals surface area contributed by atoms with Crippen LogP contribution in [0.5, 0.6) is 5.75 Å². The number of thiazole rings is 1. The van der Waals surface area contributed by atoms with E-state index in [-0.39, 0.29) is 65.7 Å². The van der Waals surface area contributed by atoms with Crippen LogP contribution in [0.25, 0.3) is 0 Å². The van der Waals surface area contributed by atoms with Gasteiger partial charge in [-0.1, -0.05) is 104 Å². The fraction of sp³-hybridized carbons (Fsp3) is 0.604. The molecule has 0 saturated carbocycles. The summed E-state index contributed by atoms with van der Waals surface area (Å²) in [5.74, 6) is -1.26. The number of aromatic hydroxyl groups is 1. The number of esters is 1. The number of rotatable bonds is 24. The van der Waals surface area contributed by atoms with Gasteiger partial charge in [0, 0.05) is 37.0 Å². The van der Waals surface area contributed by atoms with Gasteiger partial charge < -0.3 is 30.1 Å². The largest absolute Gasteiger partial charge is 0.508 e. The van der Waals surface area contributed by atoms with Gasteiger partial charge in [-0.3, -0.25) is 24.1 Å². The molecular formula is C48H71N5O7S. The van der Waals surface area contributed by atoms with Crippen molar-refractivity contribution in [2.45, 2.75) is 143 Å². The first-order valence-electron chi connectivity index (χ1n) is 22.4. The smallest absolute Gasteiger partial charge is 0.309 e. The Labute approximate surface area is 368 Å². The first-order valence-corrected chi connectivity index (χ1v) is 23.3. The van der Waals surface area contributed by atoms with Crippen molar-refractivity contribution < 1.29 is 33.8 Å². The van der Waals surface area contributed by atoms with Gasteiger partial charge in [0.05, 0.1) is 12.0 Å². The van der Waals surface area contributed by atoms with Crippen molar-refractivity contribution in [3.8, 4) is 5.75 Å². The molecule has 12 nitrogen and oxygen atoms in total. The molecule has 0 unspecified atom stereocenters. The van der Waals surface area contributed by atoms with E-state index < -0.39 is 24.1 Å². The van der Waals surface area contributed by atoms with E-state index in [2.05, 4.69) is 43.2 Å². The highest BCUT2D eigenvalue weighted by Gasteiger charge is 2.38. The monoisotopic (exact) mass is 862 g/mol. The van der Waals surface area contributed by atoms with Crippen LogP contribution in [0.1, 0.15) is 133 Å². The number of ether oxygens (including phenoxy) is 2. The minimum absolute atomic E-state index is 0.0609. The second-order valence-electron chi connectivity index (χ2n) is 17.1. The Morgan fingerprint density at radius 1 is 0.934 bits per heavy atom. The Kier molecular flexibility index (Phi) is 20.2. The van der Waals surface area contributed by atoms with Crippen molar-refractivity contribution in [2.24, 2.45) is 17.8 Å². The van der Waals surface area contributed by atoms with Crippen LogP contribution in [0.15, 0.2) is 60.0 Å². The molecular weight excluding hydrogens is 791 g/mol. The number of benzene rings is 2. The Hall–Kier alpha value is -4.33. The van der Waals surface area contributed by atoms with Crippen molar-refractivity contribution >= 4 is 35.0 Å². The maximum absolute atomic E-state index is 14.7. The summed E-state index contributed by atoms with van der Waals surface area (Å²) in [5.41, 5.74) is 2.03. The summed E-state index contributed by atoms with van der Waals surface area (Å²) in [4.78, 5) is 64.4. The average Bonchev–Trinajstić information content (AvgIpc) is 3.75. The number of nitrogens with one attached hydrogen (secondary N) is 2. The number of likely N-dealkylation sites (N-methyl/N-ethyl adjacent to an activating group) is 1. The third-order valence-corrected chi connectivity index (χ3v) is 12.7. The number of hydrogen-bond donors (Lipinski definition) is 3. The summed E-state index contributed by atoms with van der Waals surface area (Å²) in [6.45, 7) is 16.2. The summed E-state index contributed by atoms with van der Waals surface area (Å²) in [6.07, 6.45) is 5.84. The molecule has 3 amide bonds. The van der Waals surface area contributed by atoms with Crippen LogP contribution in [-0.4, -0.2) is 94.5 Å². The van der Waals surface area contributed by atoms with Gasteiger partial charge in [0.1, 0.15) is 35.2 Å². The average molecular weight is 862 g/mol. The van der Waals surface area contributed by atoms with Gasteiger partial charge in [0.15, 0.2) is 0 Å². The van der Waals surface area contributed by atoms with Gasteiger partial charge in [0.2, 0.25) is 11.8 Å². The quantitative estimate of drug-likeness (QED) is 0.0760. The van der Waals surface area contributed by atoms with Crippen LogP contribution in [0.2, 0.25) is 0 Å². The van der Waals surface area contributed by atoms with Crippen LogP contribution in [0.4, 0.5) is 0 Å². The number of likely N-dealkylation sites (tertiary alicyclic amines) is 1. The zero-order chi connectivity index (χ0) is 44.5. The van der Waals surface area contributed by atoms with Crippen molar-refractivity contribution in [2.75, 3.05) is 26.7 Å². The molecule has 1 aliphatic rings. The van der Waals surface area contributed by atoms with Crippen molar-refractivity contribution in [3.63, 3.8) is 0 Å². The molecule has 1 saturated heterocycles. The van der Waals surface area contributed by atoms with Crippen LogP contribution in [-0.2, 0) is 36.9 Å². The maximum atomic E-state index is 14.7. The standard InChI is InChI=1S/C48H71N5O7S/c1-9-24-53(47(57)43(33(6)11-3)51-45(56)40-19-15-16-25-52(40)8)41(32(4)5)29-42(59-26-10-2)46-50-39(31-61-46)44(55)49-37(28-35-20-22-38(54)23-21-35)27-34(7)48(58)60-30-36-17-13-12-14-18-36/h12-14,17-18,20-23,31-34,37,40-43,54H,9-11,15-16,19,24-30H2,1-8H3,(H,49,55)(H,51,56)/t33-,34-,37+,40+,41+,42+,43-/m0/s1. The Morgan fingerprint density at radius 2 is 1.66 bits per heavy atom. The SMILES string of the molecule is CCCO[C@H](C[C@H](C(C)C)N(CCC)C(=O)[C@@H](NC(=O)[C@H]1CCCCN1C)[C@@H](C)CC)c1nc(C(=O)N[C@@H](Cc2ccc(O)cc2)C[C@H](C)C(=O)OCc2ccccc2)cs1. The number of phenolic OH excluding ortho intramolecular Hbond substituents is 1. The number of aromatic nitrogens is 1. The molecule has 0 bridgehead atoms. The number of piperidine rings is 1. The van der Waals surface area contributed by atoms with E-state index in [4.69, 9.17) is 14.5 Å². The zero-order valence-corrected chi connectivity index (χ0v) is 38.5. The van der Waals surface area contributed by atoms with Crippen molar-refractivity contribution in [1.29, 1.82) is 0 Å². The Balaban J connectivity index is 1.54. The molecule has 1 aromatic heterocycles. The summed E-state index contributed by atoms with van der Waals surface area (Å²) in [6, 6.07) is 14.7. The molecule has 2 aromatic carbocycles. The minimum Gasteiger partial charge on any atom is -0.508 e. The molecule has 61 heavy (non-hydrogen) atoms. The lowest BCUT2D eigenvalue weighted by molar-refractivity contribution is -0.149. The molecule has 3 aromatic rings. The molecule has 1 aliphatic heterocycles. The van der Waals surface area contributed by atoms with E-state index in [9.17, 15) is 24.3 Å². The summed E-state index contributed by atoms with van der Waals surface area (Å²) in [7, 11) is 1.98. The lowest BCUT2D eigenvalue weighted by Crippen LogP contribution is -2.58. The normalized spacial score (nSPS) is 17.4. The van der Waals surface area contributed by atoms with Crippen LogP contribution < -0.4 is 10.6 Å². The molecule has 0 spiro atoms. The van der Waals surface area contributed by atoms with Crippen molar-refractivity contribution in [1.82, 2.24) is 25.4 Å². The van der Waals surface area contributed by atoms with E-state index in [1.54, 1.807) is 36.6 Å². The van der Waals surface area contributed by atoms with Crippen LogP contribution >= 0.6 is 11.3 Å². The molecule has 3 N–H and O–H groups in total. The summed E-state index contributed by atoms with van der Waals surface area (Å²) >= 11 is 1.35. The van der Waals surface area contributed by atoms with Gasteiger partial charge >= 0.3 is 5.97 Å². The fourth-order valence-electron chi connectivity index (χ4n) is 7.98. The molecule has 13 heteroatoms. The Bertz CT molecular complexity index is 1800. The van der Waals surface area contributed by atoms with Crippen LogP contribution in [0.3, 0.4) is 0 Å². The molecule has 2 heterocycles. The second-order valence-corrected chi connectivity index (χ2v) is 18.0. The highest BCUT2D eigenvalue weighted by atomic mass is 32.1. The first kappa shape index (κ1) is 49.3. The van der Waals surface area contributed by atoms with Gasteiger partial charge in [-0.15, -0.1) is 11.3 Å². The third kappa shape index (κ3) is 14.9. The highest BCUT2D eigenvalue weighted by molar-refractivity contribution is 7.09. The van der Waals surface area contributed by atoms with Crippen LogP contribution in [0, 0.1) is 17.8 Å². The predicted molar refractivity (Wildman–Crippen MR) is 241 cm³/mol. The van der Waals surface area contributed by atoms with Gasteiger partial charge in [0.25, 0.3) is 5.91 Å². The van der Waals surface area contributed by atoms with E-state index in [1.165, 1.54) is 11.3 Å². The molecule has 7 atom stereocenters. The maximum Gasteiger partial charge on any atom is 0.309 e. The number of hydrogen-bond acceptors (Lipinski definition) is 10. The molecule has 4 rings (SSSR count). The number of carbonyl (C=O) groups excluding carboxylic acids is 4. The third-order valence-electron chi connectivity index (χ3n) is 11.8. The van der Waals surface area contributed by atoms with E-state index in [0.717, 1.165) is 56.2 Å². The minimum atomic E-state index is -0.659. The van der Waals surface area contributed by atoms with E-state index in [1.807, 2.05) is 56.1 Å². The van der Waals surface area contributed by atoms with Gasteiger partial charge in [-0.2, -0.15) is 0 Å². The lowest BCUT2D eigenvalue weighted by Gasteiger charge is -2.40. The van der Waals surface area contributed by atoms with Gasteiger partial charge in [-0.05, 0) is 87.2 Å². The number of nitrogens with zero attached hydrogens (tertiary/aromatic N) is 3. The highest BCUT2D eigenvalue weighted by Crippen LogP contribution is 2.32. The van der Waals surface area contributed by atoms with E-state index in [0.29, 0.717) is 37.4 Å².